The second-order valence-corrected chi connectivity index (χ2v) is 4.22. The highest BCUT2D eigenvalue weighted by molar-refractivity contribution is 5.60. The molecular formula is C13H14FN3. The molecule has 0 aliphatic rings. The van der Waals surface area contributed by atoms with E-state index < -0.39 is 0 Å². The third-order valence-corrected chi connectivity index (χ3v) is 2.59. The Bertz CT molecular complexity index is 521. The van der Waals surface area contributed by atoms with Crippen molar-refractivity contribution < 1.29 is 4.39 Å². The van der Waals surface area contributed by atoms with Crippen molar-refractivity contribution in [3.63, 3.8) is 0 Å². The minimum absolute atomic E-state index is 0.136. The number of rotatable bonds is 2. The smallest absolute Gasteiger partial charge is 0.141 e. The summed E-state index contributed by atoms with van der Waals surface area (Å²) in [5.41, 5.74) is 7.70. The molecule has 3 nitrogen and oxygen atoms in total. The number of nitrogens with zero attached hydrogens (tertiary/aromatic N) is 2. The van der Waals surface area contributed by atoms with Crippen molar-refractivity contribution in [2.75, 3.05) is 5.73 Å². The first-order valence-electron chi connectivity index (χ1n) is 5.45. The highest BCUT2D eigenvalue weighted by Crippen LogP contribution is 2.24. The predicted octanol–water partition coefficient (Wildman–Crippen LogP) is 2.99. The number of hydrogen-bond acceptors (Lipinski definition) is 3. The van der Waals surface area contributed by atoms with Gasteiger partial charge in [-0.2, -0.15) is 0 Å². The van der Waals surface area contributed by atoms with Crippen LogP contribution in [0.15, 0.2) is 30.6 Å². The zero-order valence-electron chi connectivity index (χ0n) is 9.81. The first-order valence-corrected chi connectivity index (χ1v) is 5.45. The Balaban J connectivity index is 2.46. The number of benzene rings is 1. The third kappa shape index (κ3) is 2.41. The van der Waals surface area contributed by atoms with Crippen LogP contribution in [0, 0.1) is 5.82 Å². The Morgan fingerprint density at radius 2 is 1.94 bits per heavy atom. The monoisotopic (exact) mass is 231 g/mol. The summed E-state index contributed by atoms with van der Waals surface area (Å²) >= 11 is 0. The van der Waals surface area contributed by atoms with Gasteiger partial charge < -0.3 is 5.73 Å². The molecule has 0 saturated carbocycles. The van der Waals surface area contributed by atoms with E-state index in [0.717, 1.165) is 5.56 Å². The van der Waals surface area contributed by atoms with Gasteiger partial charge in [0.1, 0.15) is 11.6 Å². The Morgan fingerprint density at radius 3 is 2.53 bits per heavy atom. The number of nitrogens with two attached hydrogens (primary N) is 1. The van der Waals surface area contributed by atoms with Crippen molar-refractivity contribution in [1.82, 2.24) is 9.97 Å². The molecule has 1 aromatic carbocycles. The molecule has 0 bridgehead atoms. The van der Waals surface area contributed by atoms with E-state index >= 15 is 0 Å². The molecule has 17 heavy (non-hydrogen) atoms. The first kappa shape index (κ1) is 11.5. The van der Waals surface area contributed by atoms with Crippen LogP contribution >= 0.6 is 0 Å². The van der Waals surface area contributed by atoms with E-state index in [-0.39, 0.29) is 11.7 Å². The van der Waals surface area contributed by atoms with Gasteiger partial charge in [-0.3, -0.25) is 4.98 Å². The normalized spacial score (nSPS) is 10.8. The van der Waals surface area contributed by atoms with Gasteiger partial charge in [0.2, 0.25) is 0 Å². The summed E-state index contributed by atoms with van der Waals surface area (Å²) in [6.45, 7) is 3.91. The van der Waals surface area contributed by atoms with Crippen molar-refractivity contribution in [3.05, 3.63) is 42.0 Å². The molecule has 2 aromatic rings. The SMILES string of the molecule is CC(C)c1cc(-c2cnc(N)cn2)ccc1F. The summed E-state index contributed by atoms with van der Waals surface area (Å²) in [5.74, 6) is 0.323. The standard InChI is InChI=1S/C13H14FN3/c1-8(2)10-5-9(3-4-11(10)14)12-6-17-13(15)7-16-12/h3-8H,1-2H3,(H2,15,17). The lowest BCUT2D eigenvalue weighted by atomic mass is 9.99. The summed E-state index contributed by atoms with van der Waals surface area (Å²) in [4.78, 5) is 8.14. The van der Waals surface area contributed by atoms with Crippen LogP contribution in [0.3, 0.4) is 0 Å². The molecule has 0 aliphatic carbocycles. The summed E-state index contributed by atoms with van der Waals surface area (Å²) in [6, 6.07) is 4.96. The van der Waals surface area contributed by atoms with Crippen molar-refractivity contribution in [2.24, 2.45) is 0 Å². The van der Waals surface area contributed by atoms with Gasteiger partial charge in [-0.15, -0.1) is 0 Å². The van der Waals surface area contributed by atoms with Crippen LogP contribution in [0.5, 0.6) is 0 Å². The van der Waals surface area contributed by atoms with Gasteiger partial charge in [0, 0.05) is 5.56 Å². The molecule has 0 radical (unpaired) electrons. The van der Waals surface area contributed by atoms with E-state index in [9.17, 15) is 4.39 Å². The van der Waals surface area contributed by atoms with Crippen LogP contribution in [0.25, 0.3) is 11.3 Å². The maximum absolute atomic E-state index is 13.5. The van der Waals surface area contributed by atoms with Crippen LogP contribution in [0.1, 0.15) is 25.3 Å². The van der Waals surface area contributed by atoms with E-state index in [1.807, 2.05) is 13.8 Å². The number of anilines is 1. The molecule has 1 aromatic heterocycles. The highest BCUT2D eigenvalue weighted by atomic mass is 19.1. The second kappa shape index (κ2) is 4.49. The largest absolute Gasteiger partial charge is 0.382 e. The summed E-state index contributed by atoms with van der Waals surface area (Å²) in [5, 5.41) is 0. The van der Waals surface area contributed by atoms with E-state index in [1.54, 1.807) is 18.3 Å². The number of hydrogen-bond donors (Lipinski definition) is 1. The Kier molecular flexibility index (Phi) is 3.04. The highest BCUT2D eigenvalue weighted by Gasteiger charge is 2.09. The molecule has 2 N–H and O–H groups in total. The molecular weight excluding hydrogens is 217 g/mol. The van der Waals surface area contributed by atoms with E-state index in [4.69, 9.17) is 5.73 Å². The van der Waals surface area contributed by atoms with Crippen LogP contribution in [0.4, 0.5) is 10.2 Å². The average molecular weight is 231 g/mol. The summed E-state index contributed by atoms with van der Waals surface area (Å²) in [7, 11) is 0. The average Bonchev–Trinajstić information content (AvgIpc) is 2.30. The fourth-order valence-corrected chi connectivity index (χ4v) is 1.63. The second-order valence-electron chi connectivity index (χ2n) is 4.22. The summed E-state index contributed by atoms with van der Waals surface area (Å²) < 4.78 is 13.5. The van der Waals surface area contributed by atoms with Crippen LogP contribution in [-0.4, -0.2) is 9.97 Å². The maximum atomic E-state index is 13.5. The molecule has 0 unspecified atom stereocenters. The van der Waals surface area contributed by atoms with Gasteiger partial charge in [0.05, 0.1) is 18.1 Å². The number of halogens is 1. The topological polar surface area (TPSA) is 51.8 Å². The van der Waals surface area contributed by atoms with Crippen molar-refractivity contribution in [3.8, 4) is 11.3 Å². The fraction of sp³-hybridized carbons (Fsp3) is 0.231. The Hall–Kier alpha value is -1.97. The third-order valence-electron chi connectivity index (χ3n) is 2.59. The maximum Gasteiger partial charge on any atom is 0.141 e. The lowest BCUT2D eigenvalue weighted by molar-refractivity contribution is 0.598. The molecule has 0 spiro atoms. The van der Waals surface area contributed by atoms with Crippen LogP contribution in [0.2, 0.25) is 0 Å². The minimum atomic E-state index is -0.188. The van der Waals surface area contributed by atoms with Gasteiger partial charge in [0.25, 0.3) is 0 Å². The van der Waals surface area contributed by atoms with Gasteiger partial charge >= 0.3 is 0 Å². The van der Waals surface area contributed by atoms with Gasteiger partial charge in [0.15, 0.2) is 0 Å². The van der Waals surface area contributed by atoms with Crippen molar-refractivity contribution in [1.29, 1.82) is 0 Å². The lowest BCUT2D eigenvalue weighted by Gasteiger charge is -2.09. The fourth-order valence-electron chi connectivity index (χ4n) is 1.63. The Morgan fingerprint density at radius 1 is 1.18 bits per heavy atom. The van der Waals surface area contributed by atoms with Gasteiger partial charge in [-0.25, -0.2) is 9.37 Å². The lowest BCUT2D eigenvalue weighted by Crippen LogP contribution is -1.96. The van der Waals surface area contributed by atoms with E-state index in [2.05, 4.69) is 9.97 Å². The predicted molar refractivity (Wildman–Crippen MR) is 65.9 cm³/mol. The molecule has 1 heterocycles. The van der Waals surface area contributed by atoms with E-state index in [0.29, 0.717) is 17.1 Å². The molecule has 0 aliphatic heterocycles. The quantitative estimate of drug-likeness (QED) is 0.864. The molecule has 2 rings (SSSR count). The first-order chi connectivity index (χ1) is 8.08. The molecule has 88 valence electrons. The minimum Gasteiger partial charge on any atom is -0.382 e. The Labute approximate surface area is 99.5 Å². The zero-order valence-corrected chi connectivity index (χ0v) is 9.81. The van der Waals surface area contributed by atoms with Gasteiger partial charge in [-0.05, 0) is 29.7 Å². The summed E-state index contributed by atoms with van der Waals surface area (Å²) in [6.07, 6.45) is 3.08. The molecule has 4 heteroatoms. The van der Waals surface area contributed by atoms with Crippen molar-refractivity contribution >= 4 is 5.82 Å². The molecule has 0 saturated heterocycles. The number of aromatic nitrogens is 2. The molecule has 0 amide bonds. The van der Waals surface area contributed by atoms with Gasteiger partial charge in [-0.1, -0.05) is 13.8 Å². The zero-order chi connectivity index (χ0) is 12.4. The number of nitrogen functional groups attached to an aromatic ring is 1. The van der Waals surface area contributed by atoms with E-state index in [1.165, 1.54) is 12.3 Å². The van der Waals surface area contributed by atoms with Crippen molar-refractivity contribution in [2.45, 2.75) is 19.8 Å². The molecule has 0 atom stereocenters. The van der Waals surface area contributed by atoms with Crippen LogP contribution in [-0.2, 0) is 0 Å². The molecule has 0 fully saturated rings. The van der Waals surface area contributed by atoms with Crippen LogP contribution < -0.4 is 5.73 Å².